The normalized spacial score (nSPS) is 17.5. The quantitative estimate of drug-likeness (QED) is 0.717. The van der Waals surface area contributed by atoms with Crippen LogP contribution in [0.5, 0.6) is 5.75 Å². The largest absolute Gasteiger partial charge is 0.489 e. The van der Waals surface area contributed by atoms with Gasteiger partial charge in [0.25, 0.3) is 11.8 Å². The van der Waals surface area contributed by atoms with Crippen molar-refractivity contribution in [1.29, 1.82) is 0 Å². The summed E-state index contributed by atoms with van der Waals surface area (Å²) in [5, 5.41) is 0. The Hall–Kier alpha value is -3.08. The maximum absolute atomic E-state index is 13.6. The van der Waals surface area contributed by atoms with Crippen molar-refractivity contribution < 1.29 is 14.3 Å². The number of likely N-dealkylation sites (tertiary alicyclic amines) is 1. The van der Waals surface area contributed by atoms with Gasteiger partial charge in [0.05, 0.1) is 17.4 Å². The zero-order valence-electron chi connectivity index (χ0n) is 16.9. The lowest BCUT2D eigenvalue weighted by Gasteiger charge is -2.29. The van der Waals surface area contributed by atoms with E-state index >= 15 is 0 Å². The Morgan fingerprint density at radius 1 is 0.828 bits per heavy atom. The van der Waals surface area contributed by atoms with E-state index in [1.54, 1.807) is 12.1 Å². The van der Waals surface area contributed by atoms with E-state index in [0.29, 0.717) is 22.7 Å². The maximum Gasteiger partial charge on any atom is 0.282 e. The van der Waals surface area contributed by atoms with E-state index in [1.807, 2.05) is 56.3 Å². The minimum Gasteiger partial charge on any atom is -0.489 e. The van der Waals surface area contributed by atoms with E-state index in [9.17, 15) is 9.59 Å². The molecule has 2 heterocycles. The minimum atomic E-state index is -0.290. The lowest BCUT2D eigenvalue weighted by Crippen LogP contribution is -2.37. The van der Waals surface area contributed by atoms with E-state index in [0.717, 1.165) is 37.9 Å². The third kappa shape index (κ3) is 3.65. The van der Waals surface area contributed by atoms with E-state index in [1.165, 1.54) is 4.90 Å². The van der Waals surface area contributed by atoms with Crippen molar-refractivity contribution in [2.24, 2.45) is 0 Å². The molecule has 2 aromatic carbocycles. The number of hydrogen-bond donors (Lipinski definition) is 0. The first-order valence-corrected chi connectivity index (χ1v) is 10.3. The standard InChI is InChI=1S/C24H26N2O3/c1-17(2)29-20-14-8-7-13-19(20)26-23(27)21(18-11-5-3-6-12-18)22(24(26)28)25-15-9-4-10-16-25/h3,5-8,11-14,17H,4,9-10,15-16H2,1-2H3. The lowest BCUT2D eigenvalue weighted by molar-refractivity contribution is -0.120. The fourth-order valence-corrected chi connectivity index (χ4v) is 4.01. The molecule has 2 amide bonds. The van der Waals surface area contributed by atoms with Gasteiger partial charge in [-0.25, -0.2) is 4.90 Å². The van der Waals surface area contributed by atoms with Gasteiger partial charge in [-0.2, -0.15) is 0 Å². The van der Waals surface area contributed by atoms with Crippen LogP contribution < -0.4 is 9.64 Å². The first-order valence-electron chi connectivity index (χ1n) is 10.3. The van der Waals surface area contributed by atoms with Gasteiger partial charge in [0.1, 0.15) is 11.4 Å². The molecule has 2 aliphatic rings. The molecule has 150 valence electrons. The molecule has 0 radical (unpaired) electrons. The van der Waals surface area contributed by atoms with Gasteiger partial charge in [0, 0.05) is 13.1 Å². The fourth-order valence-electron chi connectivity index (χ4n) is 4.01. The van der Waals surface area contributed by atoms with Crippen LogP contribution in [-0.4, -0.2) is 35.9 Å². The van der Waals surface area contributed by atoms with Crippen LogP contribution >= 0.6 is 0 Å². The number of imide groups is 1. The number of amides is 2. The summed E-state index contributed by atoms with van der Waals surface area (Å²) in [5.74, 6) is -0.0198. The molecule has 2 aliphatic heterocycles. The van der Waals surface area contributed by atoms with Crippen molar-refractivity contribution in [3.8, 4) is 5.75 Å². The monoisotopic (exact) mass is 390 g/mol. The molecule has 0 bridgehead atoms. The number of carbonyl (C=O) groups is 2. The molecule has 0 aliphatic carbocycles. The number of benzene rings is 2. The Morgan fingerprint density at radius 2 is 1.48 bits per heavy atom. The van der Waals surface area contributed by atoms with Crippen LogP contribution in [0.4, 0.5) is 5.69 Å². The summed E-state index contributed by atoms with van der Waals surface area (Å²) < 4.78 is 5.90. The number of nitrogens with zero attached hydrogens (tertiary/aromatic N) is 2. The second-order valence-corrected chi connectivity index (χ2v) is 7.72. The number of piperidine rings is 1. The van der Waals surface area contributed by atoms with Gasteiger partial charge in [0.15, 0.2) is 0 Å². The number of para-hydroxylation sites is 2. The summed E-state index contributed by atoms with van der Waals surface area (Å²) in [6.07, 6.45) is 3.15. The van der Waals surface area contributed by atoms with E-state index in [2.05, 4.69) is 4.90 Å². The molecule has 29 heavy (non-hydrogen) atoms. The van der Waals surface area contributed by atoms with Gasteiger partial charge in [-0.05, 0) is 50.8 Å². The number of rotatable bonds is 5. The molecular weight excluding hydrogens is 364 g/mol. The average molecular weight is 390 g/mol. The second-order valence-electron chi connectivity index (χ2n) is 7.72. The summed E-state index contributed by atoms with van der Waals surface area (Å²) in [7, 11) is 0. The lowest BCUT2D eigenvalue weighted by atomic mass is 10.0. The predicted octanol–water partition coefficient (Wildman–Crippen LogP) is 4.24. The van der Waals surface area contributed by atoms with Gasteiger partial charge >= 0.3 is 0 Å². The van der Waals surface area contributed by atoms with Crippen molar-refractivity contribution >= 4 is 23.1 Å². The molecule has 5 nitrogen and oxygen atoms in total. The van der Waals surface area contributed by atoms with Crippen LogP contribution in [0.25, 0.3) is 5.57 Å². The predicted molar refractivity (Wildman–Crippen MR) is 113 cm³/mol. The van der Waals surface area contributed by atoms with Crippen LogP contribution in [0.15, 0.2) is 60.3 Å². The third-order valence-corrected chi connectivity index (χ3v) is 5.26. The Labute approximate surface area is 171 Å². The maximum atomic E-state index is 13.6. The zero-order valence-corrected chi connectivity index (χ0v) is 16.9. The highest BCUT2D eigenvalue weighted by Crippen LogP contribution is 2.39. The van der Waals surface area contributed by atoms with Crippen LogP contribution in [0.2, 0.25) is 0 Å². The Bertz CT molecular complexity index is 944. The summed E-state index contributed by atoms with van der Waals surface area (Å²) in [4.78, 5) is 30.5. The van der Waals surface area contributed by atoms with Crippen LogP contribution in [0.3, 0.4) is 0 Å². The van der Waals surface area contributed by atoms with E-state index in [-0.39, 0.29) is 17.9 Å². The van der Waals surface area contributed by atoms with Crippen molar-refractivity contribution in [1.82, 2.24) is 4.90 Å². The second kappa shape index (κ2) is 8.11. The zero-order chi connectivity index (χ0) is 20.4. The first kappa shape index (κ1) is 19.2. The molecule has 0 N–H and O–H groups in total. The summed E-state index contributed by atoms with van der Waals surface area (Å²) in [6.45, 7) is 5.44. The SMILES string of the molecule is CC(C)Oc1ccccc1N1C(=O)C(c2ccccc2)=C(N2CCCCC2)C1=O. The average Bonchev–Trinajstić information content (AvgIpc) is 2.99. The third-order valence-electron chi connectivity index (χ3n) is 5.26. The van der Waals surface area contributed by atoms with Gasteiger partial charge in [-0.3, -0.25) is 9.59 Å². The smallest absolute Gasteiger partial charge is 0.282 e. The minimum absolute atomic E-state index is 0.0629. The summed E-state index contributed by atoms with van der Waals surface area (Å²) in [5.41, 5.74) is 2.27. The van der Waals surface area contributed by atoms with Crippen LogP contribution in [0, 0.1) is 0 Å². The van der Waals surface area contributed by atoms with Crippen LogP contribution in [-0.2, 0) is 9.59 Å². The molecular formula is C24H26N2O3. The molecule has 0 saturated carbocycles. The Morgan fingerprint density at radius 3 is 2.17 bits per heavy atom. The van der Waals surface area contributed by atoms with E-state index < -0.39 is 0 Å². The van der Waals surface area contributed by atoms with Gasteiger partial charge in [-0.15, -0.1) is 0 Å². The molecule has 0 aromatic heterocycles. The van der Waals surface area contributed by atoms with Crippen molar-refractivity contribution in [2.45, 2.75) is 39.2 Å². The Kier molecular flexibility index (Phi) is 5.38. The molecule has 1 saturated heterocycles. The molecule has 4 rings (SSSR count). The molecule has 0 unspecified atom stereocenters. The van der Waals surface area contributed by atoms with Gasteiger partial charge in [-0.1, -0.05) is 42.5 Å². The van der Waals surface area contributed by atoms with Gasteiger partial charge in [0.2, 0.25) is 0 Å². The van der Waals surface area contributed by atoms with Crippen LogP contribution in [0.1, 0.15) is 38.7 Å². The number of anilines is 1. The molecule has 2 aromatic rings. The van der Waals surface area contributed by atoms with Crippen molar-refractivity contribution in [2.75, 3.05) is 18.0 Å². The summed E-state index contributed by atoms with van der Waals surface area (Å²) in [6, 6.07) is 16.7. The summed E-state index contributed by atoms with van der Waals surface area (Å²) >= 11 is 0. The molecule has 0 spiro atoms. The fraction of sp³-hybridized carbons (Fsp3) is 0.333. The number of ether oxygens (including phenoxy) is 1. The highest BCUT2D eigenvalue weighted by atomic mass is 16.5. The van der Waals surface area contributed by atoms with Gasteiger partial charge < -0.3 is 9.64 Å². The first-order chi connectivity index (χ1) is 14.1. The van der Waals surface area contributed by atoms with Crippen molar-refractivity contribution in [3.63, 3.8) is 0 Å². The number of carbonyl (C=O) groups excluding carboxylic acids is 2. The highest BCUT2D eigenvalue weighted by Gasteiger charge is 2.43. The highest BCUT2D eigenvalue weighted by molar-refractivity contribution is 6.45. The topological polar surface area (TPSA) is 49.9 Å². The Balaban J connectivity index is 1.81. The van der Waals surface area contributed by atoms with Crippen molar-refractivity contribution in [3.05, 3.63) is 65.9 Å². The molecule has 0 atom stereocenters. The van der Waals surface area contributed by atoms with E-state index in [4.69, 9.17) is 4.74 Å². The molecule has 1 fully saturated rings. The molecule has 5 heteroatoms. The number of hydrogen-bond acceptors (Lipinski definition) is 4.